The van der Waals surface area contributed by atoms with Crippen LogP contribution in [-0.2, 0) is 5.60 Å². The van der Waals surface area contributed by atoms with E-state index in [4.69, 9.17) is 9.15 Å². The second kappa shape index (κ2) is 6.68. The predicted octanol–water partition coefficient (Wildman–Crippen LogP) is 3.06. The van der Waals surface area contributed by atoms with Crippen molar-refractivity contribution < 1.29 is 19.1 Å². The van der Waals surface area contributed by atoms with Crippen LogP contribution in [0.4, 0.5) is 0 Å². The molecule has 2 aromatic rings. The summed E-state index contributed by atoms with van der Waals surface area (Å²) in [6.07, 6.45) is 2.69. The quantitative estimate of drug-likeness (QED) is 0.899. The number of likely N-dealkylation sites (tertiary alicyclic amines) is 1. The molecule has 27 heavy (non-hydrogen) atoms. The van der Waals surface area contributed by atoms with Crippen LogP contribution in [0.1, 0.15) is 47.0 Å². The molecular weight excluding hydrogens is 344 g/mol. The average Bonchev–Trinajstić information content (AvgIpc) is 3.25. The van der Waals surface area contributed by atoms with Crippen LogP contribution in [0.2, 0.25) is 0 Å². The first-order valence-corrected chi connectivity index (χ1v) is 9.52. The van der Waals surface area contributed by atoms with E-state index in [1.165, 1.54) is 0 Å². The van der Waals surface area contributed by atoms with Crippen LogP contribution in [0.15, 0.2) is 28.7 Å². The Hall–Kier alpha value is -2.34. The van der Waals surface area contributed by atoms with Crippen molar-refractivity contribution in [3.63, 3.8) is 0 Å². The number of benzene rings is 1. The van der Waals surface area contributed by atoms with Gasteiger partial charge in [-0.15, -0.1) is 0 Å². The molecule has 1 aromatic heterocycles. The van der Waals surface area contributed by atoms with E-state index in [1.807, 2.05) is 29.2 Å². The van der Waals surface area contributed by atoms with E-state index < -0.39 is 5.60 Å². The highest BCUT2D eigenvalue weighted by molar-refractivity contribution is 5.92. The summed E-state index contributed by atoms with van der Waals surface area (Å²) >= 11 is 0. The Bertz CT molecular complexity index is 844. The second-order valence-corrected chi connectivity index (χ2v) is 7.77. The van der Waals surface area contributed by atoms with Gasteiger partial charge in [0.15, 0.2) is 5.89 Å². The number of ether oxygens (including phenoxy) is 1. The molecule has 3 atom stereocenters. The zero-order chi connectivity index (χ0) is 19.2. The van der Waals surface area contributed by atoms with Gasteiger partial charge in [0.05, 0.1) is 18.4 Å². The van der Waals surface area contributed by atoms with Crippen LogP contribution in [0, 0.1) is 25.7 Å². The van der Waals surface area contributed by atoms with Crippen molar-refractivity contribution in [3.8, 4) is 5.75 Å². The molecule has 6 heteroatoms. The molecule has 1 amide bonds. The molecule has 2 aliphatic rings. The van der Waals surface area contributed by atoms with E-state index in [9.17, 15) is 9.90 Å². The molecule has 0 radical (unpaired) electrons. The Kier molecular flexibility index (Phi) is 4.46. The Labute approximate surface area is 159 Å². The molecule has 144 valence electrons. The first kappa shape index (κ1) is 18.0. The number of methoxy groups -OCH3 is 1. The van der Waals surface area contributed by atoms with Crippen molar-refractivity contribution >= 4 is 5.91 Å². The van der Waals surface area contributed by atoms with Gasteiger partial charge < -0.3 is 19.2 Å². The molecule has 0 spiro atoms. The van der Waals surface area contributed by atoms with Crippen molar-refractivity contribution in [1.29, 1.82) is 0 Å². The zero-order valence-electron chi connectivity index (χ0n) is 16.1. The van der Waals surface area contributed by atoms with Gasteiger partial charge in [0.2, 0.25) is 5.76 Å². The topological polar surface area (TPSA) is 75.8 Å². The maximum absolute atomic E-state index is 12.9. The Balaban J connectivity index is 1.59. The molecule has 1 N–H and O–H groups in total. The number of hydrogen-bond donors (Lipinski definition) is 1. The van der Waals surface area contributed by atoms with Gasteiger partial charge in [-0.25, -0.2) is 4.98 Å². The van der Waals surface area contributed by atoms with E-state index in [1.54, 1.807) is 21.0 Å². The number of oxazole rings is 1. The van der Waals surface area contributed by atoms with E-state index in [-0.39, 0.29) is 11.8 Å². The van der Waals surface area contributed by atoms with Gasteiger partial charge in [-0.3, -0.25) is 4.79 Å². The summed E-state index contributed by atoms with van der Waals surface area (Å²) in [5.74, 6) is 1.78. The number of fused-ring (bicyclic) bond motifs is 1. The van der Waals surface area contributed by atoms with E-state index in [0.29, 0.717) is 42.8 Å². The molecule has 2 fully saturated rings. The van der Waals surface area contributed by atoms with Crippen molar-refractivity contribution in [2.45, 2.75) is 38.7 Å². The molecular formula is C21H26N2O4. The van der Waals surface area contributed by atoms with E-state index in [2.05, 4.69) is 4.98 Å². The second-order valence-electron chi connectivity index (χ2n) is 7.77. The van der Waals surface area contributed by atoms with Crippen molar-refractivity contribution in [3.05, 3.63) is 47.2 Å². The number of hydrogen-bond acceptors (Lipinski definition) is 5. The number of rotatable bonds is 3. The SMILES string of the molecule is COc1ccc([C@]2(O)CCC[C@@H]3CN(C(=O)c4oc(C)nc4C)C[C@@H]32)cc1. The molecule has 1 aliphatic heterocycles. The van der Waals surface area contributed by atoms with Gasteiger partial charge >= 0.3 is 0 Å². The molecule has 0 bridgehead atoms. The fraction of sp³-hybridized carbons (Fsp3) is 0.524. The van der Waals surface area contributed by atoms with Crippen LogP contribution in [0.5, 0.6) is 5.75 Å². The lowest BCUT2D eigenvalue weighted by Crippen LogP contribution is -2.43. The zero-order valence-corrected chi connectivity index (χ0v) is 16.1. The Morgan fingerprint density at radius 1 is 1.30 bits per heavy atom. The van der Waals surface area contributed by atoms with Crippen LogP contribution in [0.25, 0.3) is 0 Å². The molecule has 1 aromatic carbocycles. The fourth-order valence-corrected chi connectivity index (χ4v) is 4.80. The van der Waals surface area contributed by atoms with Crippen LogP contribution < -0.4 is 4.74 Å². The summed E-state index contributed by atoms with van der Waals surface area (Å²) in [5.41, 5.74) is 0.605. The normalized spacial score (nSPS) is 27.5. The highest BCUT2D eigenvalue weighted by Crippen LogP contribution is 2.48. The Morgan fingerprint density at radius 2 is 2.04 bits per heavy atom. The molecule has 1 saturated heterocycles. The highest BCUT2D eigenvalue weighted by atomic mass is 16.5. The number of aromatic nitrogens is 1. The number of amides is 1. The molecule has 1 saturated carbocycles. The molecule has 4 rings (SSSR count). The largest absolute Gasteiger partial charge is 0.497 e. The molecule has 1 aliphatic carbocycles. The summed E-state index contributed by atoms with van der Waals surface area (Å²) in [4.78, 5) is 19.0. The van der Waals surface area contributed by atoms with Crippen LogP contribution in [-0.4, -0.2) is 41.1 Å². The highest BCUT2D eigenvalue weighted by Gasteiger charge is 2.51. The van der Waals surface area contributed by atoms with Gasteiger partial charge in [-0.2, -0.15) is 0 Å². The third-order valence-corrected chi connectivity index (χ3v) is 6.16. The summed E-state index contributed by atoms with van der Waals surface area (Å²) in [7, 11) is 1.63. The fourth-order valence-electron chi connectivity index (χ4n) is 4.80. The van der Waals surface area contributed by atoms with Crippen molar-refractivity contribution in [2.75, 3.05) is 20.2 Å². The summed E-state index contributed by atoms with van der Waals surface area (Å²) < 4.78 is 10.8. The Morgan fingerprint density at radius 3 is 2.67 bits per heavy atom. The molecule has 2 heterocycles. The van der Waals surface area contributed by atoms with Gasteiger partial charge in [0.1, 0.15) is 5.75 Å². The standard InChI is InChI=1S/C21H26N2O4/c1-13-19(27-14(2)22-13)20(24)23-11-15-5-4-10-21(25,18(15)12-23)16-6-8-17(26-3)9-7-16/h6-9,15,18,25H,4-5,10-12H2,1-3H3/t15-,18+,21-/m1/s1. The minimum absolute atomic E-state index is 0.0212. The van der Waals surface area contributed by atoms with Gasteiger partial charge in [-0.05, 0) is 49.8 Å². The number of carbonyl (C=O) groups is 1. The number of aryl methyl sites for hydroxylation is 2. The first-order chi connectivity index (χ1) is 12.9. The number of carbonyl (C=O) groups excluding carboxylic acids is 1. The van der Waals surface area contributed by atoms with Gasteiger partial charge in [0.25, 0.3) is 5.91 Å². The summed E-state index contributed by atoms with van der Waals surface area (Å²) in [5, 5.41) is 11.6. The van der Waals surface area contributed by atoms with E-state index >= 15 is 0 Å². The monoisotopic (exact) mass is 370 g/mol. The van der Waals surface area contributed by atoms with E-state index in [0.717, 1.165) is 24.2 Å². The van der Waals surface area contributed by atoms with Crippen LogP contribution in [0.3, 0.4) is 0 Å². The minimum atomic E-state index is -0.920. The lowest BCUT2D eigenvalue weighted by molar-refractivity contribution is -0.0644. The summed E-state index contributed by atoms with van der Waals surface area (Å²) in [6, 6.07) is 7.65. The van der Waals surface area contributed by atoms with Gasteiger partial charge in [-0.1, -0.05) is 12.1 Å². The number of aliphatic hydroxyl groups is 1. The molecule has 0 unspecified atom stereocenters. The minimum Gasteiger partial charge on any atom is -0.497 e. The first-order valence-electron chi connectivity index (χ1n) is 9.52. The third-order valence-electron chi connectivity index (χ3n) is 6.16. The van der Waals surface area contributed by atoms with Gasteiger partial charge in [0, 0.05) is 25.9 Å². The number of nitrogens with zero attached hydrogens (tertiary/aromatic N) is 2. The lowest BCUT2D eigenvalue weighted by Gasteiger charge is -2.41. The third kappa shape index (κ3) is 3.02. The smallest absolute Gasteiger partial charge is 0.291 e. The summed E-state index contributed by atoms with van der Waals surface area (Å²) in [6.45, 7) is 4.73. The maximum Gasteiger partial charge on any atom is 0.291 e. The van der Waals surface area contributed by atoms with Crippen LogP contribution >= 0.6 is 0 Å². The van der Waals surface area contributed by atoms with Crippen molar-refractivity contribution in [1.82, 2.24) is 9.88 Å². The lowest BCUT2D eigenvalue weighted by atomic mass is 9.67. The maximum atomic E-state index is 12.9. The molecule has 6 nitrogen and oxygen atoms in total. The predicted molar refractivity (Wildman–Crippen MR) is 99.6 cm³/mol. The average molecular weight is 370 g/mol. The van der Waals surface area contributed by atoms with Crippen molar-refractivity contribution in [2.24, 2.45) is 11.8 Å².